The van der Waals surface area contributed by atoms with Crippen LogP contribution in [0.15, 0.2) is 0 Å². The molecule has 1 heterocycles. The van der Waals surface area contributed by atoms with Crippen LogP contribution in [-0.2, 0) is 10.0 Å². The van der Waals surface area contributed by atoms with Crippen molar-refractivity contribution in [3.8, 4) is 0 Å². The van der Waals surface area contributed by atoms with Crippen LogP contribution in [0.25, 0.3) is 0 Å². The first-order valence-corrected chi connectivity index (χ1v) is 9.27. The van der Waals surface area contributed by atoms with Gasteiger partial charge in [-0.05, 0) is 38.1 Å². The highest BCUT2D eigenvalue weighted by Crippen LogP contribution is 2.14. The van der Waals surface area contributed by atoms with Crippen molar-refractivity contribution in [3.63, 3.8) is 0 Å². The lowest BCUT2D eigenvalue weighted by Crippen LogP contribution is -2.42. The second-order valence-electron chi connectivity index (χ2n) is 6.00. The normalized spacial score (nSPS) is 20.6. The third-order valence-corrected chi connectivity index (χ3v) is 5.56. The van der Waals surface area contributed by atoms with Gasteiger partial charge in [0, 0.05) is 19.1 Å². The van der Waals surface area contributed by atoms with Crippen molar-refractivity contribution >= 4 is 10.0 Å². The molecule has 1 aliphatic rings. The van der Waals surface area contributed by atoms with Crippen LogP contribution >= 0.6 is 0 Å². The van der Waals surface area contributed by atoms with Gasteiger partial charge in [-0.25, -0.2) is 12.7 Å². The Balaban J connectivity index is 2.59. The summed E-state index contributed by atoms with van der Waals surface area (Å²) in [6.45, 7) is 8.61. The van der Waals surface area contributed by atoms with Crippen molar-refractivity contribution in [2.45, 2.75) is 58.9 Å². The minimum absolute atomic E-state index is 0.293. The minimum atomic E-state index is -3.08. The maximum atomic E-state index is 12.4. The lowest BCUT2D eigenvalue weighted by molar-refractivity contribution is 0.362. The number of unbranched alkanes of at least 4 members (excludes halogenated alkanes) is 1. The zero-order valence-electron chi connectivity index (χ0n) is 12.7. The van der Waals surface area contributed by atoms with Gasteiger partial charge < -0.3 is 5.32 Å². The molecule has 1 N–H and O–H groups in total. The number of sulfonamides is 1. The van der Waals surface area contributed by atoms with Crippen LogP contribution in [0, 0.1) is 5.92 Å². The van der Waals surface area contributed by atoms with Crippen molar-refractivity contribution in [1.29, 1.82) is 0 Å². The van der Waals surface area contributed by atoms with Crippen LogP contribution in [0.5, 0.6) is 0 Å². The fourth-order valence-corrected chi connectivity index (χ4v) is 4.19. The monoisotopic (exact) mass is 290 g/mol. The summed E-state index contributed by atoms with van der Waals surface area (Å²) in [6, 6.07) is 0.352. The Morgan fingerprint density at radius 3 is 2.63 bits per heavy atom. The SMILES string of the molecule is CCCCN(CC1CCCN1)S(=O)(=O)CCC(C)C. The molecule has 0 spiro atoms. The fraction of sp³-hybridized carbons (Fsp3) is 1.00. The van der Waals surface area contributed by atoms with Gasteiger partial charge in [0.1, 0.15) is 0 Å². The highest BCUT2D eigenvalue weighted by molar-refractivity contribution is 7.89. The van der Waals surface area contributed by atoms with Gasteiger partial charge in [-0.3, -0.25) is 0 Å². The molecule has 0 amide bonds. The largest absolute Gasteiger partial charge is 0.313 e. The highest BCUT2D eigenvalue weighted by atomic mass is 32.2. The van der Waals surface area contributed by atoms with Gasteiger partial charge in [0.15, 0.2) is 0 Å². The second kappa shape index (κ2) is 8.22. The van der Waals surface area contributed by atoms with Crippen LogP contribution in [0.2, 0.25) is 0 Å². The predicted molar refractivity (Wildman–Crippen MR) is 80.7 cm³/mol. The predicted octanol–water partition coefficient (Wildman–Crippen LogP) is 2.22. The molecule has 0 aromatic carbocycles. The molecule has 19 heavy (non-hydrogen) atoms. The molecule has 1 aliphatic heterocycles. The van der Waals surface area contributed by atoms with Crippen LogP contribution in [0.3, 0.4) is 0 Å². The summed E-state index contributed by atoms with van der Waals surface area (Å²) in [5.41, 5.74) is 0. The van der Waals surface area contributed by atoms with Gasteiger partial charge in [0.05, 0.1) is 5.75 Å². The summed E-state index contributed by atoms with van der Waals surface area (Å²) in [4.78, 5) is 0. The first kappa shape index (κ1) is 16.9. The third kappa shape index (κ3) is 6.23. The summed E-state index contributed by atoms with van der Waals surface area (Å²) in [5.74, 6) is 0.730. The molecule has 1 unspecified atom stereocenters. The average Bonchev–Trinajstić information content (AvgIpc) is 2.84. The summed E-state index contributed by atoms with van der Waals surface area (Å²) in [5, 5.41) is 3.39. The van der Waals surface area contributed by atoms with Crippen molar-refractivity contribution in [3.05, 3.63) is 0 Å². The topological polar surface area (TPSA) is 49.4 Å². The summed E-state index contributed by atoms with van der Waals surface area (Å²) in [7, 11) is -3.08. The van der Waals surface area contributed by atoms with E-state index in [9.17, 15) is 8.42 Å². The zero-order chi connectivity index (χ0) is 14.3. The Morgan fingerprint density at radius 2 is 2.11 bits per heavy atom. The molecule has 0 aliphatic carbocycles. The van der Waals surface area contributed by atoms with Crippen molar-refractivity contribution < 1.29 is 8.42 Å². The van der Waals surface area contributed by atoms with Gasteiger partial charge in [0.25, 0.3) is 0 Å². The Hall–Kier alpha value is -0.130. The maximum absolute atomic E-state index is 12.4. The Bertz CT molecular complexity index is 335. The van der Waals surface area contributed by atoms with Gasteiger partial charge in [-0.1, -0.05) is 27.2 Å². The lowest BCUT2D eigenvalue weighted by Gasteiger charge is -2.25. The molecule has 4 nitrogen and oxygen atoms in total. The Morgan fingerprint density at radius 1 is 1.37 bits per heavy atom. The van der Waals surface area contributed by atoms with Crippen molar-refractivity contribution in [2.24, 2.45) is 5.92 Å². The van der Waals surface area contributed by atoms with Gasteiger partial charge >= 0.3 is 0 Å². The molecular formula is C14H30N2O2S. The van der Waals surface area contributed by atoms with Gasteiger partial charge in [0.2, 0.25) is 10.0 Å². The van der Waals surface area contributed by atoms with E-state index < -0.39 is 10.0 Å². The second-order valence-corrected chi connectivity index (χ2v) is 8.09. The van der Waals surface area contributed by atoms with E-state index >= 15 is 0 Å². The minimum Gasteiger partial charge on any atom is -0.313 e. The van der Waals surface area contributed by atoms with E-state index in [-0.39, 0.29) is 0 Å². The van der Waals surface area contributed by atoms with Crippen LogP contribution in [0.4, 0.5) is 0 Å². The molecule has 5 heteroatoms. The molecule has 1 atom stereocenters. The molecule has 114 valence electrons. The molecule has 0 aromatic rings. The number of hydrogen-bond acceptors (Lipinski definition) is 3. The van der Waals surface area contributed by atoms with Gasteiger partial charge in [-0.15, -0.1) is 0 Å². The van der Waals surface area contributed by atoms with Crippen LogP contribution in [0.1, 0.15) is 52.9 Å². The molecule has 1 fully saturated rings. The average molecular weight is 290 g/mol. The number of nitrogens with zero attached hydrogens (tertiary/aromatic N) is 1. The van der Waals surface area contributed by atoms with Crippen LogP contribution in [-0.4, -0.2) is 44.2 Å². The fourth-order valence-electron chi connectivity index (χ4n) is 2.35. The Labute approximate surface area is 119 Å². The maximum Gasteiger partial charge on any atom is 0.214 e. The number of rotatable bonds is 9. The number of hydrogen-bond donors (Lipinski definition) is 1. The molecule has 1 rings (SSSR count). The molecule has 0 aromatic heterocycles. The Kier molecular flexibility index (Phi) is 7.32. The zero-order valence-corrected chi connectivity index (χ0v) is 13.5. The first-order chi connectivity index (χ1) is 8.95. The molecule has 0 radical (unpaired) electrons. The van der Waals surface area contributed by atoms with Crippen molar-refractivity contribution in [1.82, 2.24) is 9.62 Å². The van der Waals surface area contributed by atoms with Crippen LogP contribution < -0.4 is 5.32 Å². The van der Waals surface area contributed by atoms with E-state index in [1.165, 1.54) is 6.42 Å². The van der Waals surface area contributed by atoms with E-state index in [1.54, 1.807) is 4.31 Å². The van der Waals surface area contributed by atoms with E-state index in [2.05, 4.69) is 26.1 Å². The van der Waals surface area contributed by atoms with E-state index in [0.717, 1.165) is 32.2 Å². The van der Waals surface area contributed by atoms with E-state index in [0.29, 0.717) is 30.8 Å². The summed E-state index contributed by atoms with van der Waals surface area (Å²) >= 11 is 0. The highest BCUT2D eigenvalue weighted by Gasteiger charge is 2.26. The molecule has 0 bridgehead atoms. The quantitative estimate of drug-likeness (QED) is 0.708. The van der Waals surface area contributed by atoms with Crippen molar-refractivity contribution in [2.75, 3.05) is 25.4 Å². The lowest BCUT2D eigenvalue weighted by atomic mass is 10.2. The smallest absolute Gasteiger partial charge is 0.214 e. The molecule has 1 saturated heterocycles. The standard InChI is InChI=1S/C14H30N2O2S/c1-4-5-10-16(12-14-7-6-9-15-14)19(17,18)11-8-13(2)3/h13-15H,4-12H2,1-3H3. The van der Waals surface area contributed by atoms with E-state index in [4.69, 9.17) is 0 Å². The summed E-state index contributed by atoms with van der Waals surface area (Å²) in [6.07, 6.45) is 5.01. The summed E-state index contributed by atoms with van der Waals surface area (Å²) < 4.78 is 26.6. The molecular weight excluding hydrogens is 260 g/mol. The van der Waals surface area contributed by atoms with E-state index in [1.807, 2.05) is 0 Å². The van der Waals surface area contributed by atoms with Gasteiger partial charge in [-0.2, -0.15) is 0 Å². The third-order valence-electron chi connectivity index (χ3n) is 3.69. The molecule has 0 saturated carbocycles. The number of nitrogens with one attached hydrogen (secondary N) is 1. The first-order valence-electron chi connectivity index (χ1n) is 7.67.